The summed E-state index contributed by atoms with van der Waals surface area (Å²) in [6.07, 6.45) is -7.95. The summed E-state index contributed by atoms with van der Waals surface area (Å²) >= 11 is 2.23. The summed E-state index contributed by atoms with van der Waals surface area (Å²) in [5.74, 6) is -2.01. The lowest BCUT2D eigenvalue weighted by Gasteiger charge is -2.50. The monoisotopic (exact) mass is 802 g/mol. The van der Waals surface area contributed by atoms with Crippen LogP contribution in [0.4, 0.5) is 0 Å². The van der Waals surface area contributed by atoms with Gasteiger partial charge in [0.25, 0.3) is 0 Å². The number of methoxy groups -OCH3 is 1. The van der Waals surface area contributed by atoms with E-state index in [9.17, 15) is 9.59 Å². The molecule has 0 bridgehead atoms. The average Bonchev–Trinajstić information content (AvgIpc) is 3.49. The van der Waals surface area contributed by atoms with Gasteiger partial charge in [0.15, 0.2) is 30.8 Å². The molecule has 11 atom stereocenters. The van der Waals surface area contributed by atoms with Gasteiger partial charge >= 0.3 is 11.9 Å². The van der Waals surface area contributed by atoms with Crippen LogP contribution in [-0.4, -0.2) is 97.3 Å². The number of rotatable bonds is 9. The van der Waals surface area contributed by atoms with Gasteiger partial charge in [0.2, 0.25) is 0 Å². The average molecular weight is 803 g/mol. The molecule has 7 rings (SSSR count). The fourth-order valence-electron chi connectivity index (χ4n) is 6.60. The molecule has 50 heavy (non-hydrogen) atoms. The summed E-state index contributed by atoms with van der Waals surface area (Å²) in [5.41, 5.74) is 1.56. The molecule has 0 radical (unpaired) electrons. The number of carbonyl (C=O) groups excluding carboxylic acids is 2. The molecule has 3 aromatic carbocycles. The Morgan fingerprint density at radius 3 is 2.04 bits per heavy atom. The SMILES string of the molecule is CO[C@H]1O[C@@H]2CO[C@@H](c3ccccc3)O[C@H]2[C@H](O[C@@H]2O[C@H](COC(=O)c3ccccc3)[C@@H]3OC(C)(C)O[C@@H]3[C@H]2I)[C@H]1OC(=O)c1ccccc1. The van der Waals surface area contributed by atoms with E-state index in [0.29, 0.717) is 11.1 Å². The summed E-state index contributed by atoms with van der Waals surface area (Å²) in [4.78, 5) is 26.4. The summed E-state index contributed by atoms with van der Waals surface area (Å²) in [6.45, 7) is 3.69. The molecular weight excluding hydrogens is 763 g/mol. The van der Waals surface area contributed by atoms with Gasteiger partial charge in [-0.25, -0.2) is 9.59 Å². The minimum absolute atomic E-state index is 0.120. The fourth-order valence-corrected chi connectivity index (χ4v) is 7.50. The van der Waals surface area contributed by atoms with Crippen LogP contribution < -0.4 is 0 Å². The van der Waals surface area contributed by atoms with Gasteiger partial charge in [-0.2, -0.15) is 0 Å². The van der Waals surface area contributed by atoms with Crippen molar-refractivity contribution >= 4 is 34.5 Å². The lowest BCUT2D eigenvalue weighted by atomic mass is 9.96. The first-order valence-electron chi connectivity index (χ1n) is 16.5. The van der Waals surface area contributed by atoms with Gasteiger partial charge in [-0.05, 0) is 38.1 Å². The van der Waals surface area contributed by atoms with E-state index in [1.165, 1.54) is 7.11 Å². The van der Waals surface area contributed by atoms with E-state index < -0.39 is 83.2 Å². The van der Waals surface area contributed by atoms with Crippen molar-refractivity contribution in [3.8, 4) is 0 Å². The summed E-state index contributed by atoms with van der Waals surface area (Å²) in [6, 6.07) is 26.9. The van der Waals surface area contributed by atoms with Gasteiger partial charge in [0.05, 0.1) is 21.7 Å². The van der Waals surface area contributed by atoms with Crippen LogP contribution in [0.2, 0.25) is 0 Å². The molecule has 4 fully saturated rings. The van der Waals surface area contributed by atoms with Crippen molar-refractivity contribution in [2.75, 3.05) is 20.3 Å². The number of alkyl halides is 1. The quantitative estimate of drug-likeness (QED) is 0.165. The Morgan fingerprint density at radius 2 is 1.38 bits per heavy atom. The zero-order valence-electron chi connectivity index (χ0n) is 27.7. The first-order chi connectivity index (χ1) is 24.2. The molecule has 266 valence electrons. The van der Waals surface area contributed by atoms with Crippen LogP contribution in [0.5, 0.6) is 0 Å². The van der Waals surface area contributed by atoms with Gasteiger partial charge in [-0.3, -0.25) is 0 Å². The Balaban J connectivity index is 1.18. The lowest BCUT2D eigenvalue weighted by molar-refractivity contribution is -0.378. The second-order valence-corrected chi connectivity index (χ2v) is 14.2. The van der Waals surface area contributed by atoms with Crippen LogP contribution in [-0.2, 0) is 47.4 Å². The van der Waals surface area contributed by atoms with Gasteiger partial charge < -0.3 is 47.4 Å². The normalized spacial score (nSPS) is 34.6. The van der Waals surface area contributed by atoms with Crippen LogP contribution in [0.3, 0.4) is 0 Å². The van der Waals surface area contributed by atoms with Gasteiger partial charge in [0, 0.05) is 12.7 Å². The molecule has 4 aliphatic heterocycles. The molecule has 12 nitrogen and oxygen atoms in total. The maximum atomic E-state index is 13.5. The van der Waals surface area contributed by atoms with E-state index in [2.05, 4.69) is 22.6 Å². The Hall–Kier alpha value is -2.99. The molecule has 0 N–H and O–H groups in total. The predicted molar refractivity (Wildman–Crippen MR) is 183 cm³/mol. The lowest BCUT2D eigenvalue weighted by Crippen LogP contribution is -2.66. The van der Waals surface area contributed by atoms with E-state index in [1.54, 1.807) is 48.5 Å². The highest BCUT2D eigenvalue weighted by Crippen LogP contribution is 2.43. The van der Waals surface area contributed by atoms with Crippen molar-refractivity contribution in [1.82, 2.24) is 0 Å². The Kier molecular flexibility index (Phi) is 10.8. The van der Waals surface area contributed by atoms with Crippen LogP contribution in [0.1, 0.15) is 46.4 Å². The number of fused-ring (bicyclic) bond motifs is 2. The molecule has 0 amide bonds. The van der Waals surface area contributed by atoms with Crippen molar-refractivity contribution in [2.24, 2.45) is 0 Å². The van der Waals surface area contributed by atoms with E-state index >= 15 is 0 Å². The minimum atomic E-state index is -1.08. The Morgan fingerprint density at radius 1 is 0.760 bits per heavy atom. The first kappa shape index (κ1) is 35.4. The molecular formula is C37H39IO12. The summed E-state index contributed by atoms with van der Waals surface area (Å²) in [7, 11) is 1.47. The van der Waals surface area contributed by atoms with E-state index in [0.717, 1.165) is 5.56 Å². The number of esters is 2. The number of hydrogen-bond donors (Lipinski definition) is 0. The standard InChI is InChI=1S/C37H39IO12/c1-37(2)49-28-25(19-42-32(39)21-13-7-4-8-14-21)44-35(26(38)29(28)50-37)48-30-27-24(20-43-34(47-27)23-17-11-6-12-18-23)45-36(41-3)31(30)46-33(40)22-15-9-5-10-16-22/h4-18,24-31,34-36H,19-20H2,1-3H3/t24-,25-,26-,27-,28+,29-,30+,31-,34-,35+,36+/m1/s1. The van der Waals surface area contributed by atoms with Crippen LogP contribution in [0.15, 0.2) is 91.0 Å². The summed E-state index contributed by atoms with van der Waals surface area (Å²) in [5, 5.41) is 0. The topological polar surface area (TPSA) is 126 Å². The van der Waals surface area contributed by atoms with Crippen LogP contribution in [0.25, 0.3) is 0 Å². The highest BCUT2D eigenvalue weighted by molar-refractivity contribution is 14.1. The van der Waals surface area contributed by atoms with Crippen molar-refractivity contribution in [3.63, 3.8) is 0 Å². The molecule has 0 aromatic heterocycles. The van der Waals surface area contributed by atoms with Crippen molar-refractivity contribution in [1.29, 1.82) is 0 Å². The Labute approximate surface area is 303 Å². The third-order valence-electron chi connectivity index (χ3n) is 8.93. The molecule has 3 aromatic rings. The van der Waals surface area contributed by atoms with Crippen LogP contribution >= 0.6 is 22.6 Å². The molecule has 0 saturated carbocycles. The third kappa shape index (κ3) is 7.61. The Bertz CT molecular complexity index is 1590. The van der Waals surface area contributed by atoms with Crippen molar-refractivity contribution < 1.29 is 57.0 Å². The first-order valence-corrected chi connectivity index (χ1v) is 17.7. The van der Waals surface area contributed by atoms with E-state index in [4.69, 9.17) is 47.4 Å². The van der Waals surface area contributed by atoms with Gasteiger partial charge in [0.1, 0.15) is 43.2 Å². The zero-order chi connectivity index (χ0) is 34.8. The third-order valence-corrected chi connectivity index (χ3v) is 10.2. The largest absolute Gasteiger partial charge is 0.459 e. The second kappa shape index (κ2) is 15.3. The molecule has 0 aliphatic carbocycles. The minimum Gasteiger partial charge on any atom is -0.459 e. The number of carbonyl (C=O) groups is 2. The highest BCUT2D eigenvalue weighted by atomic mass is 127. The predicted octanol–water partition coefficient (Wildman–Crippen LogP) is 4.99. The molecule has 13 heteroatoms. The molecule has 0 spiro atoms. The molecule has 4 saturated heterocycles. The number of halogens is 1. The summed E-state index contributed by atoms with van der Waals surface area (Å²) < 4.78 is 62.1. The smallest absolute Gasteiger partial charge is 0.338 e. The van der Waals surface area contributed by atoms with Gasteiger partial charge in [-0.15, -0.1) is 0 Å². The second-order valence-electron chi connectivity index (χ2n) is 12.8. The fraction of sp³-hybridized carbons (Fsp3) is 0.459. The van der Waals surface area contributed by atoms with E-state index in [-0.39, 0.29) is 13.2 Å². The maximum Gasteiger partial charge on any atom is 0.338 e. The maximum absolute atomic E-state index is 13.5. The number of ether oxygens (including phenoxy) is 10. The van der Waals surface area contributed by atoms with Crippen molar-refractivity contribution in [3.05, 3.63) is 108 Å². The highest BCUT2D eigenvalue weighted by Gasteiger charge is 2.59. The molecule has 0 unspecified atom stereocenters. The molecule has 4 heterocycles. The molecule has 4 aliphatic rings. The van der Waals surface area contributed by atoms with Crippen molar-refractivity contribution in [2.45, 2.75) is 85.2 Å². The number of benzene rings is 3. The number of hydrogen-bond acceptors (Lipinski definition) is 12. The van der Waals surface area contributed by atoms with E-state index in [1.807, 2.05) is 56.3 Å². The van der Waals surface area contributed by atoms with Crippen LogP contribution in [0, 0.1) is 0 Å². The van der Waals surface area contributed by atoms with Gasteiger partial charge in [-0.1, -0.05) is 89.3 Å². The zero-order valence-corrected chi connectivity index (χ0v) is 29.9.